The highest BCUT2D eigenvalue weighted by Gasteiger charge is 2.20. The number of nitrogens with zero attached hydrogens (tertiary/aromatic N) is 5. The second-order valence-electron chi connectivity index (χ2n) is 5.32. The third-order valence-electron chi connectivity index (χ3n) is 3.57. The predicted molar refractivity (Wildman–Crippen MR) is 99.4 cm³/mol. The van der Waals surface area contributed by atoms with Crippen molar-refractivity contribution in [1.82, 2.24) is 29.9 Å². The Morgan fingerprint density at radius 2 is 2.08 bits per heavy atom. The van der Waals surface area contributed by atoms with Gasteiger partial charge in [-0.2, -0.15) is 0 Å². The molecule has 2 aromatic rings. The maximum absolute atomic E-state index is 11.9. The van der Waals surface area contributed by atoms with Gasteiger partial charge in [0.05, 0.1) is 19.0 Å². The van der Waals surface area contributed by atoms with E-state index in [0.29, 0.717) is 43.2 Å². The molecule has 0 aromatic carbocycles. The van der Waals surface area contributed by atoms with Crippen molar-refractivity contribution in [2.45, 2.75) is 39.0 Å². The van der Waals surface area contributed by atoms with E-state index in [1.165, 1.54) is 11.8 Å². The summed E-state index contributed by atoms with van der Waals surface area (Å²) in [5, 5.41) is 16.5. The Morgan fingerprint density at radius 3 is 2.73 bits per heavy atom. The van der Waals surface area contributed by atoms with E-state index in [0.717, 1.165) is 12.1 Å². The summed E-state index contributed by atoms with van der Waals surface area (Å²) in [5.74, 6) is 1.45. The van der Waals surface area contributed by atoms with Crippen LogP contribution in [0.15, 0.2) is 11.4 Å². The Hall–Kier alpha value is -2.07. The Kier molecular flexibility index (Phi) is 7.92. The lowest BCUT2D eigenvalue weighted by Crippen LogP contribution is -2.28. The van der Waals surface area contributed by atoms with Gasteiger partial charge < -0.3 is 19.4 Å². The normalized spacial score (nSPS) is 10.9. The fourth-order valence-corrected chi connectivity index (χ4v) is 3.15. The molecule has 2 heterocycles. The smallest absolute Gasteiger partial charge is 0.243 e. The number of hydrogen-bond donors (Lipinski definition) is 1. The lowest BCUT2D eigenvalue weighted by molar-refractivity contribution is -0.118. The second-order valence-corrected chi connectivity index (χ2v) is 6.26. The first-order valence-corrected chi connectivity index (χ1v) is 9.65. The maximum atomic E-state index is 11.9. The fraction of sp³-hybridized carbons (Fsp3) is 0.625. The standard InChI is InChI=1S/C16H26N6O3S/c1-5-21-10-12(15(20-21)25-7-3)14-18-19-16(22(14)6-2)26-11-13(23)17-8-9-24-4/h10H,5-9,11H2,1-4H3,(H,17,23). The zero-order valence-electron chi connectivity index (χ0n) is 15.7. The molecule has 0 aliphatic carbocycles. The molecule has 0 unspecified atom stereocenters. The number of hydrogen-bond acceptors (Lipinski definition) is 7. The predicted octanol–water partition coefficient (Wildman–Crippen LogP) is 1.43. The highest BCUT2D eigenvalue weighted by molar-refractivity contribution is 7.99. The highest BCUT2D eigenvalue weighted by atomic mass is 32.2. The van der Waals surface area contributed by atoms with Gasteiger partial charge in [0.25, 0.3) is 0 Å². The van der Waals surface area contributed by atoms with Crippen LogP contribution in [0.5, 0.6) is 5.88 Å². The number of aryl methyl sites for hydroxylation is 1. The van der Waals surface area contributed by atoms with Crippen molar-refractivity contribution in [2.24, 2.45) is 0 Å². The molecule has 10 heteroatoms. The van der Waals surface area contributed by atoms with Gasteiger partial charge >= 0.3 is 0 Å². The number of carbonyl (C=O) groups is 1. The van der Waals surface area contributed by atoms with Crippen LogP contribution in [-0.4, -0.2) is 63.1 Å². The molecule has 1 N–H and O–H groups in total. The van der Waals surface area contributed by atoms with E-state index >= 15 is 0 Å². The lowest BCUT2D eigenvalue weighted by Gasteiger charge is -2.08. The monoisotopic (exact) mass is 382 g/mol. The van der Waals surface area contributed by atoms with E-state index in [-0.39, 0.29) is 11.7 Å². The van der Waals surface area contributed by atoms with Crippen LogP contribution in [-0.2, 0) is 22.6 Å². The largest absolute Gasteiger partial charge is 0.476 e. The van der Waals surface area contributed by atoms with Crippen LogP contribution < -0.4 is 10.1 Å². The van der Waals surface area contributed by atoms with E-state index in [2.05, 4.69) is 20.6 Å². The van der Waals surface area contributed by atoms with Crippen LogP contribution in [0.25, 0.3) is 11.4 Å². The van der Waals surface area contributed by atoms with E-state index < -0.39 is 0 Å². The molecule has 144 valence electrons. The van der Waals surface area contributed by atoms with Gasteiger partial charge in [0.2, 0.25) is 11.8 Å². The third kappa shape index (κ3) is 4.98. The summed E-state index contributed by atoms with van der Waals surface area (Å²) in [6.07, 6.45) is 1.91. The summed E-state index contributed by atoms with van der Waals surface area (Å²) in [7, 11) is 1.60. The number of ether oxygens (including phenoxy) is 2. The van der Waals surface area contributed by atoms with Crippen molar-refractivity contribution < 1.29 is 14.3 Å². The van der Waals surface area contributed by atoms with Crippen molar-refractivity contribution in [3.8, 4) is 17.3 Å². The summed E-state index contributed by atoms with van der Waals surface area (Å²) >= 11 is 1.35. The van der Waals surface area contributed by atoms with E-state index in [1.54, 1.807) is 7.11 Å². The topological polar surface area (TPSA) is 96.1 Å². The zero-order chi connectivity index (χ0) is 18.9. The van der Waals surface area contributed by atoms with Crippen LogP contribution in [0.3, 0.4) is 0 Å². The first-order valence-electron chi connectivity index (χ1n) is 8.66. The number of methoxy groups -OCH3 is 1. The average molecular weight is 382 g/mol. The van der Waals surface area contributed by atoms with Crippen molar-refractivity contribution in [2.75, 3.05) is 32.6 Å². The van der Waals surface area contributed by atoms with Crippen LogP contribution in [0.2, 0.25) is 0 Å². The molecular weight excluding hydrogens is 356 g/mol. The molecule has 9 nitrogen and oxygen atoms in total. The summed E-state index contributed by atoms with van der Waals surface area (Å²) < 4.78 is 14.3. The number of rotatable bonds is 11. The van der Waals surface area contributed by atoms with E-state index in [1.807, 2.05) is 36.2 Å². The summed E-state index contributed by atoms with van der Waals surface area (Å²) in [5.41, 5.74) is 0.805. The molecular formula is C16H26N6O3S. The van der Waals surface area contributed by atoms with Crippen LogP contribution in [0, 0.1) is 0 Å². The number of aromatic nitrogens is 5. The van der Waals surface area contributed by atoms with Gasteiger partial charge in [-0.1, -0.05) is 11.8 Å². The molecule has 2 rings (SSSR count). The second kappa shape index (κ2) is 10.2. The van der Waals surface area contributed by atoms with E-state index in [4.69, 9.17) is 9.47 Å². The summed E-state index contributed by atoms with van der Waals surface area (Å²) in [6.45, 7) is 8.88. The Labute approximate surface area is 157 Å². The van der Waals surface area contributed by atoms with Gasteiger partial charge in [0.15, 0.2) is 11.0 Å². The minimum absolute atomic E-state index is 0.0620. The van der Waals surface area contributed by atoms with Gasteiger partial charge in [-0.05, 0) is 20.8 Å². The molecule has 0 fully saturated rings. The first kappa shape index (κ1) is 20.2. The Bertz CT molecular complexity index is 715. The van der Waals surface area contributed by atoms with Gasteiger partial charge in [-0.15, -0.1) is 15.3 Å². The molecule has 0 radical (unpaired) electrons. The number of nitrogens with one attached hydrogen (secondary N) is 1. The molecule has 0 aliphatic heterocycles. The van der Waals surface area contributed by atoms with Crippen LogP contribution >= 0.6 is 11.8 Å². The minimum Gasteiger partial charge on any atom is -0.476 e. The molecule has 0 atom stereocenters. The fourth-order valence-electron chi connectivity index (χ4n) is 2.32. The Balaban J connectivity index is 2.15. The molecule has 0 bridgehead atoms. The van der Waals surface area contributed by atoms with Gasteiger partial charge in [0, 0.05) is 32.9 Å². The molecule has 0 aliphatic rings. The quantitative estimate of drug-likeness (QED) is 0.464. The van der Waals surface area contributed by atoms with Crippen molar-refractivity contribution >= 4 is 17.7 Å². The number of amides is 1. The SMILES string of the molecule is CCOc1nn(CC)cc1-c1nnc(SCC(=O)NCCOC)n1CC. The number of thioether (sulfide) groups is 1. The van der Waals surface area contributed by atoms with Gasteiger partial charge in [-0.25, -0.2) is 0 Å². The summed E-state index contributed by atoms with van der Waals surface area (Å²) in [6, 6.07) is 0. The molecule has 0 saturated carbocycles. The molecule has 0 spiro atoms. The highest BCUT2D eigenvalue weighted by Crippen LogP contribution is 2.30. The molecule has 26 heavy (non-hydrogen) atoms. The lowest BCUT2D eigenvalue weighted by atomic mass is 10.3. The maximum Gasteiger partial charge on any atom is 0.243 e. The van der Waals surface area contributed by atoms with Crippen molar-refractivity contribution in [3.05, 3.63) is 6.20 Å². The number of carbonyl (C=O) groups excluding carboxylic acids is 1. The molecule has 1 amide bonds. The first-order chi connectivity index (χ1) is 12.6. The molecule has 0 saturated heterocycles. The van der Waals surface area contributed by atoms with Crippen LogP contribution in [0.4, 0.5) is 0 Å². The van der Waals surface area contributed by atoms with E-state index in [9.17, 15) is 4.79 Å². The summed E-state index contributed by atoms with van der Waals surface area (Å²) in [4.78, 5) is 11.9. The van der Waals surface area contributed by atoms with Gasteiger partial charge in [0.1, 0.15) is 5.56 Å². The third-order valence-corrected chi connectivity index (χ3v) is 4.53. The van der Waals surface area contributed by atoms with Crippen LogP contribution in [0.1, 0.15) is 20.8 Å². The van der Waals surface area contributed by atoms with Crippen molar-refractivity contribution in [3.63, 3.8) is 0 Å². The minimum atomic E-state index is -0.0620. The molecule has 2 aromatic heterocycles. The Morgan fingerprint density at radius 1 is 1.27 bits per heavy atom. The zero-order valence-corrected chi connectivity index (χ0v) is 16.5. The average Bonchev–Trinajstić information content (AvgIpc) is 3.23. The van der Waals surface area contributed by atoms with Gasteiger partial charge in [-0.3, -0.25) is 9.48 Å². The van der Waals surface area contributed by atoms with Crippen molar-refractivity contribution in [1.29, 1.82) is 0 Å².